The van der Waals surface area contributed by atoms with Gasteiger partial charge in [-0.1, -0.05) is 12.5 Å². The maximum absolute atomic E-state index is 13.3. The summed E-state index contributed by atoms with van der Waals surface area (Å²) in [5.41, 5.74) is 5.05. The van der Waals surface area contributed by atoms with Crippen molar-refractivity contribution >= 4 is 5.91 Å². The van der Waals surface area contributed by atoms with E-state index in [1.54, 1.807) is 5.01 Å². The SMILES string of the molecule is C=CCC(CCCC1C2N(C)C(C3CCC(C#N)CC3)=C(C)C(=O)N2N[C@@H]1C)C(F)(F)F. The van der Waals surface area contributed by atoms with Crippen LogP contribution in [0.3, 0.4) is 0 Å². The van der Waals surface area contributed by atoms with Crippen molar-refractivity contribution in [3.05, 3.63) is 23.9 Å². The normalized spacial score (nSPS) is 32.0. The highest BCUT2D eigenvalue weighted by molar-refractivity contribution is 5.94. The zero-order chi connectivity index (χ0) is 23.6. The number of carbonyl (C=O) groups is 1. The maximum atomic E-state index is 13.3. The van der Waals surface area contributed by atoms with E-state index in [1.807, 2.05) is 20.9 Å². The molecule has 0 bridgehead atoms. The molecule has 1 amide bonds. The Hall–Kier alpha value is -2.01. The number of fused-ring (bicyclic) bond motifs is 1. The Morgan fingerprint density at radius 2 is 1.97 bits per heavy atom. The van der Waals surface area contributed by atoms with Crippen LogP contribution in [0.25, 0.3) is 0 Å². The van der Waals surface area contributed by atoms with Gasteiger partial charge in [0.2, 0.25) is 0 Å². The molecule has 178 valence electrons. The number of nitriles is 1. The van der Waals surface area contributed by atoms with Crippen molar-refractivity contribution in [1.29, 1.82) is 5.26 Å². The van der Waals surface area contributed by atoms with Crippen LogP contribution in [0.1, 0.15) is 65.2 Å². The van der Waals surface area contributed by atoms with Crippen LogP contribution in [0.2, 0.25) is 0 Å². The Balaban J connectivity index is 1.73. The molecular weight excluding hydrogens is 417 g/mol. The molecule has 0 aromatic carbocycles. The molecule has 0 aromatic rings. The van der Waals surface area contributed by atoms with E-state index in [-0.39, 0.29) is 48.7 Å². The average molecular weight is 453 g/mol. The molecule has 3 rings (SSSR count). The van der Waals surface area contributed by atoms with Crippen molar-refractivity contribution in [3.8, 4) is 6.07 Å². The fourth-order valence-electron chi connectivity index (χ4n) is 5.88. The topological polar surface area (TPSA) is 59.4 Å². The molecule has 2 fully saturated rings. The van der Waals surface area contributed by atoms with E-state index < -0.39 is 12.1 Å². The third-order valence-electron chi connectivity index (χ3n) is 7.63. The first-order valence-electron chi connectivity index (χ1n) is 11.7. The van der Waals surface area contributed by atoms with E-state index in [4.69, 9.17) is 0 Å². The largest absolute Gasteiger partial charge is 0.392 e. The Morgan fingerprint density at radius 3 is 2.53 bits per heavy atom. The van der Waals surface area contributed by atoms with Crippen molar-refractivity contribution in [3.63, 3.8) is 0 Å². The molecule has 4 atom stereocenters. The summed E-state index contributed by atoms with van der Waals surface area (Å²) in [6.45, 7) is 7.34. The number of nitrogens with one attached hydrogen (secondary N) is 1. The number of halogens is 3. The summed E-state index contributed by atoms with van der Waals surface area (Å²) in [5.74, 6) is -1.03. The van der Waals surface area contributed by atoms with Crippen molar-refractivity contribution < 1.29 is 18.0 Å². The van der Waals surface area contributed by atoms with Crippen LogP contribution in [0, 0.1) is 35.0 Å². The van der Waals surface area contributed by atoms with E-state index in [0.29, 0.717) is 12.8 Å². The second kappa shape index (κ2) is 9.86. The first kappa shape index (κ1) is 24.6. The van der Waals surface area contributed by atoms with Crippen LogP contribution in [0.15, 0.2) is 23.9 Å². The molecule has 0 radical (unpaired) electrons. The van der Waals surface area contributed by atoms with Crippen LogP contribution >= 0.6 is 0 Å². The fourth-order valence-corrected chi connectivity index (χ4v) is 5.88. The van der Waals surface area contributed by atoms with Crippen molar-refractivity contribution in [2.75, 3.05) is 7.05 Å². The summed E-state index contributed by atoms with van der Waals surface area (Å²) in [5, 5.41) is 10.9. The summed E-state index contributed by atoms with van der Waals surface area (Å²) in [6, 6.07) is 2.36. The van der Waals surface area contributed by atoms with Gasteiger partial charge in [0, 0.05) is 36.2 Å². The molecule has 3 unspecified atom stereocenters. The summed E-state index contributed by atoms with van der Waals surface area (Å²) < 4.78 is 39.8. The Kier molecular flexibility index (Phi) is 7.59. The standard InChI is InChI=1S/C24H35F3N4O/c1-5-7-19(24(25,26)27)8-6-9-20-16(3)29-31-22(20)30(4)21(15(2)23(31)32)18-12-10-17(14-28)11-13-18/h5,16-20,22,29H,1,6-13H2,2-4H3/t16-,17?,18?,19?,20?,22?/m1/s1. The number of alkyl halides is 3. The second-order valence-electron chi connectivity index (χ2n) is 9.66. The Bertz CT molecular complexity index is 779. The highest BCUT2D eigenvalue weighted by Crippen LogP contribution is 2.43. The monoisotopic (exact) mass is 452 g/mol. The first-order valence-corrected chi connectivity index (χ1v) is 11.7. The zero-order valence-corrected chi connectivity index (χ0v) is 19.3. The van der Waals surface area contributed by atoms with Crippen LogP contribution < -0.4 is 5.43 Å². The molecular formula is C24H35F3N4O. The van der Waals surface area contributed by atoms with Crippen molar-refractivity contribution in [2.45, 2.75) is 83.6 Å². The van der Waals surface area contributed by atoms with Crippen LogP contribution in [-0.2, 0) is 4.79 Å². The highest BCUT2D eigenvalue weighted by atomic mass is 19.4. The number of hydrogen-bond acceptors (Lipinski definition) is 4. The molecule has 0 spiro atoms. The lowest BCUT2D eigenvalue weighted by atomic mass is 9.78. The minimum Gasteiger partial charge on any atom is -0.356 e. The van der Waals surface area contributed by atoms with Gasteiger partial charge >= 0.3 is 6.18 Å². The van der Waals surface area contributed by atoms with Crippen molar-refractivity contribution in [2.24, 2.45) is 23.7 Å². The number of carbonyl (C=O) groups excluding carboxylic acids is 1. The second-order valence-corrected chi connectivity index (χ2v) is 9.66. The number of nitrogens with zero attached hydrogens (tertiary/aromatic N) is 3. The van der Waals surface area contributed by atoms with Gasteiger partial charge < -0.3 is 4.90 Å². The molecule has 1 N–H and O–H groups in total. The molecule has 5 nitrogen and oxygen atoms in total. The summed E-state index contributed by atoms with van der Waals surface area (Å²) in [4.78, 5) is 15.4. The van der Waals surface area contributed by atoms with Gasteiger partial charge in [-0.15, -0.1) is 6.58 Å². The molecule has 8 heteroatoms. The van der Waals surface area contributed by atoms with Gasteiger partial charge in [0.15, 0.2) is 0 Å². The molecule has 3 aliphatic rings. The van der Waals surface area contributed by atoms with Crippen LogP contribution in [-0.4, -0.2) is 41.2 Å². The Labute approximate surface area is 189 Å². The number of allylic oxidation sites excluding steroid dienone is 2. The molecule has 0 aromatic heterocycles. The number of amides is 1. The lowest BCUT2D eigenvalue weighted by Gasteiger charge is -2.45. The number of hydrogen-bond donors (Lipinski definition) is 1. The molecule has 2 heterocycles. The predicted molar refractivity (Wildman–Crippen MR) is 116 cm³/mol. The minimum absolute atomic E-state index is 0.00313. The van der Waals surface area contributed by atoms with Gasteiger partial charge in [0.25, 0.3) is 5.91 Å². The van der Waals surface area contributed by atoms with Gasteiger partial charge in [-0.3, -0.25) is 9.80 Å². The lowest BCUT2D eigenvalue weighted by molar-refractivity contribution is -0.175. The minimum atomic E-state index is -4.22. The molecule has 1 saturated carbocycles. The Morgan fingerprint density at radius 1 is 1.31 bits per heavy atom. The number of hydrazine groups is 1. The molecule has 1 saturated heterocycles. The van der Waals surface area contributed by atoms with Gasteiger partial charge in [-0.05, 0) is 64.7 Å². The fraction of sp³-hybridized carbons (Fsp3) is 0.750. The number of rotatable bonds is 7. The first-order chi connectivity index (χ1) is 15.1. The smallest absolute Gasteiger partial charge is 0.356 e. The van der Waals surface area contributed by atoms with E-state index in [2.05, 4.69) is 23.0 Å². The van der Waals surface area contributed by atoms with E-state index in [1.165, 1.54) is 6.08 Å². The third-order valence-corrected chi connectivity index (χ3v) is 7.63. The van der Waals surface area contributed by atoms with E-state index >= 15 is 0 Å². The van der Waals surface area contributed by atoms with Gasteiger partial charge in [-0.25, -0.2) is 5.43 Å². The average Bonchev–Trinajstić information content (AvgIpc) is 3.08. The quantitative estimate of drug-likeness (QED) is 0.544. The summed E-state index contributed by atoms with van der Waals surface area (Å²) in [6.07, 6.45) is 1.46. The lowest BCUT2D eigenvalue weighted by Crippen LogP contribution is -2.56. The van der Waals surface area contributed by atoms with Crippen LogP contribution in [0.5, 0.6) is 0 Å². The van der Waals surface area contributed by atoms with Gasteiger partial charge in [0.1, 0.15) is 6.17 Å². The van der Waals surface area contributed by atoms with Gasteiger partial charge in [0.05, 0.1) is 12.0 Å². The highest BCUT2D eigenvalue weighted by Gasteiger charge is 2.49. The van der Waals surface area contributed by atoms with Crippen molar-refractivity contribution in [1.82, 2.24) is 15.3 Å². The summed E-state index contributed by atoms with van der Waals surface area (Å²) >= 11 is 0. The van der Waals surface area contributed by atoms with Crippen LogP contribution in [0.4, 0.5) is 13.2 Å². The zero-order valence-electron chi connectivity index (χ0n) is 19.3. The maximum Gasteiger partial charge on any atom is 0.392 e. The van der Waals surface area contributed by atoms with Gasteiger partial charge in [-0.2, -0.15) is 18.4 Å². The molecule has 1 aliphatic carbocycles. The molecule has 2 aliphatic heterocycles. The third kappa shape index (κ3) is 4.83. The molecule has 32 heavy (non-hydrogen) atoms. The van der Waals surface area contributed by atoms with E-state index in [0.717, 1.165) is 37.0 Å². The summed E-state index contributed by atoms with van der Waals surface area (Å²) in [7, 11) is 2.00. The predicted octanol–water partition coefficient (Wildman–Crippen LogP) is 5.14. The van der Waals surface area contributed by atoms with E-state index in [9.17, 15) is 23.2 Å².